The van der Waals surface area contributed by atoms with Gasteiger partial charge in [-0.05, 0) is 42.3 Å². The second-order valence-electron chi connectivity index (χ2n) is 6.16. The number of nitrogen functional groups attached to an aromatic ring is 1. The largest absolute Gasteiger partial charge is 0.465 e. The van der Waals surface area contributed by atoms with Gasteiger partial charge in [0.25, 0.3) is 0 Å². The van der Waals surface area contributed by atoms with Crippen molar-refractivity contribution in [3.8, 4) is 0 Å². The van der Waals surface area contributed by atoms with E-state index in [1.807, 2.05) is 0 Å². The summed E-state index contributed by atoms with van der Waals surface area (Å²) in [6.45, 7) is 2.42. The number of anilines is 1. The Morgan fingerprint density at radius 1 is 1.04 bits per heavy atom. The Hall–Kier alpha value is -2.33. The average Bonchev–Trinajstić information content (AvgIpc) is 2.64. The second kappa shape index (κ2) is 9.97. The molecule has 0 heterocycles. The van der Waals surface area contributed by atoms with Crippen molar-refractivity contribution in [2.75, 3.05) is 12.3 Å². The Morgan fingerprint density at radius 2 is 1.73 bits per heavy atom. The van der Waals surface area contributed by atoms with Crippen LogP contribution in [0.25, 0.3) is 0 Å². The van der Waals surface area contributed by atoms with Gasteiger partial charge in [-0.1, -0.05) is 56.0 Å². The molecule has 0 saturated heterocycles. The average molecular weight is 374 g/mol. The molecule has 0 amide bonds. The normalized spacial score (nSPS) is 11.8. The van der Waals surface area contributed by atoms with E-state index in [0.717, 1.165) is 25.7 Å². The van der Waals surface area contributed by atoms with Gasteiger partial charge >= 0.3 is 5.97 Å². The lowest BCUT2D eigenvalue weighted by atomic mass is 9.89. The van der Waals surface area contributed by atoms with Crippen LogP contribution in [0.1, 0.15) is 54.4 Å². The Balaban J connectivity index is 2.22. The molecule has 0 saturated carbocycles. The van der Waals surface area contributed by atoms with E-state index in [2.05, 4.69) is 6.92 Å². The predicted octanol–water partition coefficient (Wildman–Crippen LogP) is 5.01. The molecule has 2 aromatic carbocycles. The number of hydrogen-bond donors (Lipinski definition) is 1. The van der Waals surface area contributed by atoms with Crippen LogP contribution in [-0.4, -0.2) is 18.4 Å². The molecule has 4 nitrogen and oxygen atoms in total. The van der Waals surface area contributed by atoms with Gasteiger partial charge in [0.1, 0.15) is 5.92 Å². The predicted molar refractivity (Wildman–Crippen MR) is 104 cm³/mol. The van der Waals surface area contributed by atoms with Crippen molar-refractivity contribution in [1.29, 1.82) is 0 Å². The zero-order chi connectivity index (χ0) is 18.9. The van der Waals surface area contributed by atoms with Crippen LogP contribution in [0.4, 0.5) is 5.69 Å². The topological polar surface area (TPSA) is 69.4 Å². The fraction of sp³-hybridized carbons (Fsp3) is 0.333. The lowest BCUT2D eigenvalue weighted by molar-refractivity contribution is -0.144. The van der Waals surface area contributed by atoms with E-state index >= 15 is 0 Å². The maximum Gasteiger partial charge on any atom is 0.321 e. The first-order valence-electron chi connectivity index (χ1n) is 8.85. The molecule has 2 rings (SSSR count). The van der Waals surface area contributed by atoms with E-state index in [0.29, 0.717) is 28.4 Å². The molecule has 1 unspecified atom stereocenters. The number of carbonyl (C=O) groups is 2. The molecule has 0 aromatic heterocycles. The van der Waals surface area contributed by atoms with Crippen molar-refractivity contribution in [1.82, 2.24) is 0 Å². The van der Waals surface area contributed by atoms with Gasteiger partial charge in [0.05, 0.1) is 6.61 Å². The van der Waals surface area contributed by atoms with Crippen molar-refractivity contribution in [2.45, 2.75) is 38.5 Å². The van der Waals surface area contributed by atoms with Crippen LogP contribution in [-0.2, 0) is 9.53 Å². The molecule has 2 aromatic rings. The van der Waals surface area contributed by atoms with E-state index in [9.17, 15) is 9.59 Å². The maximum absolute atomic E-state index is 13.0. The molecule has 1 atom stereocenters. The summed E-state index contributed by atoms with van der Waals surface area (Å²) in [6, 6.07) is 13.3. The quantitative estimate of drug-likeness (QED) is 0.220. The third kappa shape index (κ3) is 5.33. The number of unbranched alkanes of at least 4 members (excludes halogenated alkanes) is 3. The van der Waals surface area contributed by atoms with E-state index < -0.39 is 11.9 Å². The minimum absolute atomic E-state index is 0.302. The number of esters is 1. The summed E-state index contributed by atoms with van der Waals surface area (Å²) in [4.78, 5) is 25.7. The van der Waals surface area contributed by atoms with Crippen LogP contribution in [0.2, 0.25) is 5.02 Å². The lowest BCUT2D eigenvalue weighted by Crippen LogP contribution is -2.25. The number of halogens is 1. The van der Waals surface area contributed by atoms with Crippen LogP contribution in [0, 0.1) is 0 Å². The van der Waals surface area contributed by atoms with Gasteiger partial charge in [-0.2, -0.15) is 0 Å². The summed E-state index contributed by atoms with van der Waals surface area (Å²) in [5.41, 5.74) is 7.26. The smallest absolute Gasteiger partial charge is 0.321 e. The van der Waals surface area contributed by atoms with Crippen molar-refractivity contribution in [2.24, 2.45) is 0 Å². The minimum atomic E-state index is -1.08. The van der Waals surface area contributed by atoms with Gasteiger partial charge in [-0.25, -0.2) is 0 Å². The van der Waals surface area contributed by atoms with Crippen molar-refractivity contribution < 1.29 is 14.3 Å². The Bertz CT molecular complexity index is 743. The lowest BCUT2D eigenvalue weighted by Gasteiger charge is -2.17. The number of hydrogen-bond acceptors (Lipinski definition) is 4. The number of rotatable bonds is 9. The van der Waals surface area contributed by atoms with Crippen LogP contribution in [0.15, 0.2) is 48.5 Å². The van der Waals surface area contributed by atoms with Gasteiger partial charge in [-0.15, -0.1) is 0 Å². The molecular formula is C21H24ClNO3. The fourth-order valence-electron chi connectivity index (χ4n) is 2.71. The number of nitrogens with two attached hydrogens (primary N) is 1. The first kappa shape index (κ1) is 20.0. The fourth-order valence-corrected chi connectivity index (χ4v) is 2.84. The van der Waals surface area contributed by atoms with Crippen LogP contribution < -0.4 is 5.73 Å². The molecule has 0 aliphatic heterocycles. The molecule has 26 heavy (non-hydrogen) atoms. The summed E-state index contributed by atoms with van der Waals surface area (Å²) >= 11 is 5.89. The Kier molecular flexibility index (Phi) is 7.67. The van der Waals surface area contributed by atoms with E-state index in [4.69, 9.17) is 22.1 Å². The second-order valence-corrected chi connectivity index (χ2v) is 6.60. The van der Waals surface area contributed by atoms with Crippen LogP contribution >= 0.6 is 11.6 Å². The summed E-state index contributed by atoms with van der Waals surface area (Å²) in [5.74, 6) is -2.00. The number of ketones is 1. The molecule has 2 N–H and O–H groups in total. The van der Waals surface area contributed by atoms with Crippen molar-refractivity contribution in [3.05, 3.63) is 64.7 Å². The standard InChI is InChI=1S/C21H24ClNO3/c1-2-3-4-7-14-26-21(25)19(17-8-5-6-9-18(17)23)20(24)15-10-12-16(22)13-11-15/h5-6,8-13,19H,2-4,7,14,23H2,1H3. The zero-order valence-electron chi connectivity index (χ0n) is 14.9. The summed E-state index contributed by atoms with van der Waals surface area (Å²) < 4.78 is 5.39. The number of benzene rings is 2. The van der Waals surface area contributed by atoms with E-state index in [-0.39, 0.29) is 5.78 Å². The molecule has 0 bridgehead atoms. The summed E-state index contributed by atoms with van der Waals surface area (Å²) in [5, 5.41) is 0.524. The number of Topliss-reactive ketones (excluding diaryl/α,β-unsaturated/α-hetero) is 1. The third-order valence-corrected chi connectivity index (χ3v) is 4.43. The van der Waals surface area contributed by atoms with E-state index in [1.165, 1.54) is 0 Å². The summed E-state index contributed by atoms with van der Waals surface area (Å²) in [6.07, 6.45) is 3.97. The maximum atomic E-state index is 13.0. The van der Waals surface area contributed by atoms with Gasteiger partial charge in [0, 0.05) is 16.3 Å². The highest BCUT2D eigenvalue weighted by Crippen LogP contribution is 2.28. The molecule has 0 radical (unpaired) electrons. The first-order chi connectivity index (χ1) is 12.5. The minimum Gasteiger partial charge on any atom is -0.465 e. The monoisotopic (exact) mass is 373 g/mol. The highest BCUT2D eigenvalue weighted by Gasteiger charge is 2.32. The van der Waals surface area contributed by atoms with Crippen LogP contribution in [0.5, 0.6) is 0 Å². The van der Waals surface area contributed by atoms with E-state index in [1.54, 1.807) is 48.5 Å². The SMILES string of the molecule is CCCCCCOC(=O)C(C(=O)c1ccc(Cl)cc1)c1ccccc1N. The van der Waals surface area contributed by atoms with Crippen molar-refractivity contribution in [3.63, 3.8) is 0 Å². The van der Waals surface area contributed by atoms with Gasteiger partial charge < -0.3 is 10.5 Å². The van der Waals surface area contributed by atoms with Gasteiger partial charge in [-0.3, -0.25) is 9.59 Å². The van der Waals surface area contributed by atoms with Gasteiger partial charge in [0.15, 0.2) is 5.78 Å². The Morgan fingerprint density at radius 3 is 2.38 bits per heavy atom. The zero-order valence-corrected chi connectivity index (χ0v) is 15.7. The number of ether oxygens (including phenoxy) is 1. The number of carbonyl (C=O) groups excluding carboxylic acids is 2. The first-order valence-corrected chi connectivity index (χ1v) is 9.23. The van der Waals surface area contributed by atoms with Crippen molar-refractivity contribution >= 4 is 29.0 Å². The molecule has 0 aliphatic carbocycles. The summed E-state index contributed by atoms with van der Waals surface area (Å²) in [7, 11) is 0. The molecular weight excluding hydrogens is 350 g/mol. The highest BCUT2D eigenvalue weighted by molar-refractivity contribution is 6.30. The molecule has 138 valence electrons. The number of para-hydroxylation sites is 1. The third-order valence-electron chi connectivity index (χ3n) is 4.18. The van der Waals surface area contributed by atoms with Crippen LogP contribution in [0.3, 0.4) is 0 Å². The molecule has 5 heteroatoms. The Labute approximate surface area is 159 Å². The molecule has 0 spiro atoms. The van der Waals surface area contributed by atoms with Gasteiger partial charge in [0.2, 0.25) is 0 Å². The molecule has 0 fully saturated rings. The highest BCUT2D eigenvalue weighted by atomic mass is 35.5. The molecule has 0 aliphatic rings.